The second-order valence-corrected chi connectivity index (χ2v) is 5.68. The molecule has 10 heteroatoms. The molecule has 0 saturated heterocycles. The van der Waals surface area contributed by atoms with Crippen molar-refractivity contribution < 1.29 is 21.6 Å². The summed E-state index contributed by atoms with van der Waals surface area (Å²) < 4.78 is 63.7. The molecule has 6 nitrogen and oxygen atoms in total. The van der Waals surface area contributed by atoms with Crippen LogP contribution in [-0.2, 0) is 22.7 Å². The molecule has 21 heavy (non-hydrogen) atoms. The number of nitrogens with one attached hydrogen (secondary N) is 1. The molecule has 1 N–H and O–H groups in total. The molecule has 0 spiro atoms. The van der Waals surface area contributed by atoms with Gasteiger partial charge in [-0.05, 0) is 25.1 Å². The Kier molecular flexibility index (Phi) is 3.90. The second-order valence-electron chi connectivity index (χ2n) is 4.06. The van der Waals surface area contributed by atoms with Gasteiger partial charge < -0.3 is 0 Å². The molecule has 1 aromatic heterocycles. The van der Waals surface area contributed by atoms with Gasteiger partial charge in [-0.1, -0.05) is 6.07 Å². The van der Waals surface area contributed by atoms with Crippen LogP contribution in [0.15, 0.2) is 35.5 Å². The minimum absolute atomic E-state index is 0.198. The Hall–Kier alpha value is -2.10. The van der Waals surface area contributed by atoms with Crippen LogP contribution in [0.25, 0.3) is 0 Å². The van der Waals surface area contributed by atoms with Crippen LogP contribution in [0.5, 0.6) is 0 Å². The maximum absolute atomic E-state index is 12.6. The van der Waals surface area contributed by atoms with Gasteiger partial charge in [0.05, 0.1) is 18.3 Å². The quantitative estimate of drug-likeness (QED) is 0.936. The van der Waals surface area contributed by atoms with Gasteiger partial charge in [0.1, 0.15) is 0 Å². The first-order chi connectivity index (χ1) is 9.72. The smallest absolute Gasteiger partial charge is 0.278 e. The van der Waals surface area contributed by atoms with E-state index in [0.29, 0.717) is 12.6 Å². The predicted octanol–water partition coefficient (Wildman–Crippen LogP) is 2.12. The summed E-state index contributed by atoms with van der Waals surface area (Å²) in [5.74, 6) is 0. The fourth-order valence-electron chi connectivity index (χ4n) is 1.52. The van der Waals surface area contributed by atoms with E-state index >= 15 is 0 Å². The third-order valence-electron chi connectivity index (χ3n) is 2.52. The maximum Gasteiger partial charge on any atom is 0.416 e. The van der Waals surface area contributed by atoms with Crippen LogP contribution in [0.4, 0.5) is 18.9 Å². The van der Waals surface area contributed by atoms with Crippen molar-refractivity contribution in [1.82, 2.24) is 15.0 Å². The summed E-state index contributed by atoms with van der Waals surface area (Å²) in [6, 6.07) is 3.90. The number of nitrogens with zero attached hydrogens (tertiary/aromatic N) is 3. The highest BCUT2D eigenvalue weighted by Crippen LogP contribution is 2.31. The summed E-state index contributed by atoms with van der Waals surface area (Å²) in [6.07, 6.45) is -3.52. The standard InChI is InChI=1S/C11H11F3N4O2S/c1-2-18-15-7-10(16-18)21(19,20)17-9-5-3-4-8(6-9)11(12,13)14/h3-7,17H,2H2,1H3. The number of aromatic nitrogens is 3. The first-order valence-corrected chi connectivity index (χ1v) is 7.31. The van der Waals surface area contributed by atoms with Crippen LogP contribution in [0, 0.1) is 0 Å². The summed E-state index contributed by atoms with van der Waals surface area (Å²) in [6.45, 7) is 2.09. The average molecular weight is 320 g/mol. The zero-order chi connectivity index (χ0) is 15.7. The zero-order valence-corrected chi connectivity index (χ0v) is 11.6. The maximum atomic E-state index is 12.6. The fraction of sp³-hybridized carbons (Fsp3) is 0.273. The molecule has 0 aliphatic heterocycles. The van der Waals surface area contributed by atoms with Gasteiger partial charge in [-0.25, -0.2) is 0 Å². The molecule has 0 aliphatic rings. The Balaban J connectivity index is 2.28. The first-order valence-electron chi connectivity index (χ1n) is 5.82. The molecule has 0 aliphatic carbocycles. The van der Waals surface area contributed by atoms with Gasteiger partial charge in [0.15, 0.2) is 0 Å². The van der Waals surface area contributed by atoms with Gasteiger partial charge >= 0.3 is 6.18 Å². The molecule has 1 aromatic carbocycles. The van der Waals surface area contributed by atoms with Crippen LogP contribution in [0.2, 0.25) is 0 Å². The number of rotatable bonds is 4. The van der Waals surface area contributed by atoms with E-state index in [0.717, 1.165) is 23.1 Å². The molecular formula is C11H11F3N4O2S. The number of alkyl halides is 3. The highest BCUT2D eigenvalue weighted by atomic mass is 32.2. The summed E-state index contributed by atoms with van der Waals surface area (Å²) in [5, 5.41) is 7.05. The Bertz CT molecular complexity index is 740. The molecule has 0 saturated carbocycles. The summed E-state index contributed by atoms with van der Waals surface area (Å²) in [5.41, 5.74) is -1.14. The number of hydrogen-bond donors (Lipinski definition) is 1. The molecule has 0 bridgehead atoms. The zero-order valence-electron chi connectivity index (χ0n) is 10.8. The van der Waals surface area contributed by atoms with E-state index in [2.05, 4.69) is 10.2 Å². The lowest BCUT2D eigenvalue weighted by atomic mass is 10.2. The van der Waals surface area contributed by atoms with Crippen LogP contribution in [-0.4, -0.2) is 23.4 Å². The van der Waals surface area contributed by atoms with Crippen LogP contribution < -0.4 is 4.72 Å². The van der Waals surface area contributed by atoms with Gasteiger partial charge in [0.2, 0.25) is 5.03 Å². The minimum Gasteiger partial charge on any atom is -0.278 e. The van der Waals surface area contributed by atoms with E-state index in [4.69, 9.17) is 0 Å². The SMILES string of the molecule is CCn1ncc(S(=O)(=O)Nc2cccc(C(F)(F)F)c2)n1. The van der Waals surface area contributed by atoms with Crippen molar-refractivity contribution in [2.75, 3.05) is 4.72 Å². The number of sulfonamides is 1. The lowest BCUT2D eigenvalue weighted by Gasteiger charge is -2.09. The molecule has 2 aromatic rings. The van der Waals surface area contributed by atoms with Crippen molar-refractivity contribution in [1.29, 1.82) is 0 Å². The molecule has 2 rings (SSSR count). The molecule has 0 fully saturated rings. The first kappa shape index (κ1) is 15.3. The van der Waals surface area contributed by atoms with Crippen LogP contribution in [0.1, 0.15) is 12.5 Å². The molecule has 0 atom stereocenters. The van der Waals surface area contributed by atoms with Gasteiger partial charge in [0, 0.05) is 5.69 Å². The molecule has 0 amide bonds. The van der Waals surface area contributed by atoms with E-state index in [1.165, 1.54) is 6.07 Å². The van der Waals surface area contributed by atoms with Crippen molar-refractivity contribution in [3.63, 3.8) is 0 Å². The van der Waals surface area contributed by atoms with Crippen molar-refractivity contribution in [2.45, 2.75) is 24.7 Å². The number of anilines is 1. The van der Waals surface area contributed by atoms with E-state index < -0.39 is 21.8 Å². The number of halogens is 3. The van der Waals surface area contributed by atoms with E-state index in [1.54, 1.807) is 6.92 Å². The lowest BCUT2D eigenvalue weighted by Crippen LogP contribution is -2.15. The number of aryl methyl sites for hydroxylation is 1. The third kappa shape index (κ3) is 3.51. The minimum atomic E-state index is -4.55. The monoisotopic (exact) mass is 320 g/mol. The summed E-state index contributed by atoms with van der Waals surface area (Å²) >= 11 is 0. The van der Waals surface area contributed by atoms with E-state index in [9.17, 15) is 21.6 Å². The predicted molar refractivity (Wildman–Crippen MR) is 67.9 cm³/mol. The number of hydrogen-bond acceptors (Lipinski definition) is 4. The average Bonchev–Trinajstić information content (AvgIpc) is 2.87. The van der Waals surface area contributed by atoms with E-state index in [-0.39, 0.29) is 10.7 Å². The number of benzene rings is 1. The third-order valence-corrected chi connectivity index (χ3v) is 3.76. The Morgan fingerprint density at radius 1 is 1.33 bits per heavy atom. The van der Waals surface area contributed by atoms with Gasteiger partial charge in [-0.3, -0.25) is 4.72 Å². The van der Waals surface area contributed by atoms with Gasteiger partial charge in [-0.2, -0.15) is 31.5 Å². The molecule has 114 valence electrons. The van der Waals surface area contributed by atoms with Gasteiger partial charge in [0.25, 0.3) is 10.0 Å². The van der Waals surface area contributed by atoms with Crippen molar-refractivity contribution in [2.24, 2.45) is 0 Å². The highest BCUT2D eigenvalue weighted by molar-refractivity contribution is 7.92. The molecule has 0 unspecified atom stereocenters. The fourth-order valence-corrected chi connectivity index (χ4v) is 2.45. The lowest BCUT2D eigenvalue weighted by molar-refractivity contribution is -0.137. The molecule has 1 heterocycles. The molecular weight excluding hydrogens is 309 g/mol. The molecule has 0 radical (unpaired) electrons. The Labute approximate surface area is 118 Å². The largest absolute Gasteiger partial charge is 0.416 e. The Morgan fingerprint density at radius 3 is 2.62 bits per heavy atom. The highest BCUT2D eigenvalue weighted by Gasteiger charge is 2.31. The van der Waals surface area contributed by atoms with Gasteiger partial charge in [-0.15, -0.1) is 5.10 Å². The van der Waals surface area contributed by atoms with Crippen LogP contribution >= 0.6 is 0 Å². The Morgan fingerprint density at radius 2 is 2.05 bits per heavy atom. The van der Waals surface area contributed by atoms with Crippen LogP contribution in [0.3, 0.4) is 0 Å². The topological polar surface area (TPSA) is 76.9 Å². The van der Waals surface area contributed by atoms with E-state index in [1.807, 2.05) is 4.72 Å². The second kappa shape index (κ2) is 5.35. The normalized spacial score (nSPS) is 12.4. The van der Waals surface area contributed by atoms with Crippen molar-refractivity contribution in [3.05, 3.63) is 36.0 Å². The van der Waals surface area contributed by atoms with Crippen molar-refractivity contribution in [3.8, 4) is 0 Å². The summed E-state index contributed by atoms with van der Waals surface area (Å²) in [7, 11) is -4.08. The summed E-state index contributed by atoms with van der Waals surface area (Å²) in [4.78, 5) is 1.15. The van der Waals surface area contributed by atoms with Crippen molar-refractivity contribution >= 4 is 15.7 Å².